The number of fused-ring (bicyclic) bond motifs is 1. The zero-order chi connectivity index (χ0) is 15.6. The van der Waals surface area contributed by atoms with Gasteiger partial charge >= 0.3 is 0 Å². The minimum atomic E-state index is 0.0527. The van der Waals surface area contributed by atoms with Crippen LogP contribution in [0, 0.1) is 0 Å². The fraction of sp³-hybridized carbons (Fsp3) is 0.412. The van der Waals surface area contributed by atoms with Gasteiger partial charge in [-0.15, -0.1) is 0 Å². The zero-order valence-corrected chi connectivity index (χ0v) is 13.6. The van der Waals surface area contributed by atoms with Crippen LogP contribution in [0.4, 0.5) is 0 Å². The highest BCUT2D eigenvalue weighted by Crippen LogP contribution is 2.31. The van der Waals surface area contributed by atoms with Gasteiger partial charge in [-0.05, 0) is 12.5 Å². The molecule has 2 aliphatic rings. The van der Waals surface area contributed by atoms with E-state index in [1.807, 2.05) is 53.1 Å². The Labute approximate surface area is 139 Å². The molecule has 1 aromatic heterocycles. The molecule has 6 heteroatoms. The fourth-order valence-corrected chi connectivity index (χ4v) is 4.58. The van der Waals surface area contributed by atoms with Gasteiger partial charge in [0.15, 0.2) is 0 Å². The molecule has 1 aromatic carbocycles. The Kier molecular flexibility index (Phi) is 4.10. The monoisotopic (exact) mass is 329 g/mol. The lowest BCUT2D eigenvalue weighted by atomic mass is 10.1. The van der Waals surface area contributed by atoms with E-state index < -0.39 is 0 Å². The number of ether oxygens (including phenoxy) is 1. The van der Waals surface area contributed by atoms with Gasteiger partial charge in [0.1, 0.15) is 5.69 Å². The number of thioether (sulfide) groups is 1. The maximum atomic E-state index is 12.9. The number of H-pyrrole nitrogens is 1. The summed E-state index contributed by atoms with van der Waals surface area (Å²) in [5.41, 5.74) is 2.39. The normalized spacial score (nSPS) is 24.3. The summed E-state index contributed by atoms with van der Waals surface area (Å²) >= 11 is 1.92. The van der Waals surface area contributed by atoms with E-state index in [0.717, 1.165) is 43.2 Å². The molecule has 23 heavy (non-hydrogen) atoms. The number of nitrogens with one attached hydrogen (secondary N) is 1. The van der Waals surface area contributed by atoms with Gasteiger partial charge in [-0.25, -0.2) is 0 Å². The lowest BCUT2D eigenvalue weighted by Gasteiger charge is -2.43. The van der Waals surface area contributed by atoms with Crippen LogP contribution in [-0.4, -0.2) is 57.8 Å². The van der Waals surface area contributed by atoms with E-state index in [2.05, 4.69) is 10.2 Å². The molecule has 2 atom stereocenters. The number of nitrogens with zero attached hydrogens (tertiary/aromatic N) is 2. The first-order valence-corrected chi connectivity index (χ1v) is 8.99. The van der Waals surface area contributed by atoms with Crippen LogP contribution in [0.15, 0.2) is 36.4 Å². The summed E-state index contributed by atoms with van der Waals surface area (Å²) in [7, 11) is 0. The number of amides is 1. The fourth-order valence-electron chi connectivity index (χ4n) is 3.28. The van der Waals surface area contributed by atoms with Crippen molar-refractivity contribution < 1.29 is 9.53 Å². The van der Waals surface area contributed by atoms with Crippen molar-refractivity contribution in [2.24, 2.45) is 0 Å². The van der Waals surface area contributed by atoms with Gasteiger partial charge in [-0.3, -0.25) is 9.89 Å². The SMILES string of the molecule is O=C(c1cc(-c2ccccc2)n[nH]1)N1CCS[C@H]2COCC[C@H]21. The van der Waals surface area contributed by atoms with Gasteiger partial charge < -0.3 is 9.64 Å². The van der Waals surface area contributed by atoms with Crippen LogP contribution in [0.25, 0.3) is 11.3 Å². The van der Waals surface area contributed by atoms with E-state index in [0.29, 0.717) is 10.9 Å². The van der Waals surface area contributed by atoms with Crippen molar-refractivity contribution in [3.63, 3.8) is 0 Å². The van der Waals surface area contributed by atoms with E-state index >= 15 is 0 Å². The lowest BCUT2D eigenvalue weighted by Crippen LogP contribution is -2.54. The summed E-state index contributed by atoms with van der Waals surface area (Å²) in [4.78, 5) is 14.9. The maximum absolute atomic E-state index is 12.9. The molecule has 2 aliphatic heterocycles. The standard InChI is InChI=1S/C17H19N3O2S/c21-17(20-7-9-23-16-11-22-8-6-15(16)20)14-10-13(18-19-14)12-4-2-1-3-5-12/h1-5,10,15-16H,6-9,11H2,(H,18,19)/t15-,16+/m1/s1. The number of carbonyl (C=O) groups is 1. The second kappa shape index (κ2) is 6.37. The molecule has 4 rings (SSSR count). The molecule has 3 heterocycles. The first-order valence-electron chi connectivity index (χ1n) is 7.94. The Morgan fingerprint density at radius 2 is 2.22 bits per heavy atom. The topological polar surface area (TPSA) is 58.2 Å². The van der Waals surface area contributed by atoms with Crippen LogP contribution in [0.2, 0.25) is 0 Å². The highest BCUT2D eigenvalue weighted by Gasteiger charge is 2.37. The first kappa shape index (κ1) is 14.8. The smallest absolute Gasteiger partial charge is 0.272 e. The molecule has 2 fully saturated rings. The molecule has 1 amide bonds. The van der Waals surface area contributed by atoms with Gasteiger partial charge in [0, 0.05) is 35.8 Å². The molecule has 0 unspecified atom stereocenters. The molecule has 0 aliphatic carbocycles. The molecule has 0 bridgehead atoms. The number of aromatic nitrogens is 2. The third-order valence-corrected chi connectivity index (χ3v) is 5.77. The van der Waals surface area contributed by atoms with E-state index in [1.54, 1.807) is 0 Å². The second-order valence-corrected chi connectivity index (χ2v) is 7.22. The van der Waals surface area contributed by atoms with Crippen LogP contribution < -0.4 is 0 Å². The van der Waals surface area contributed by atoms with Crippen molar-refractivity contribution in [3.05, 3.63) is 42.1 Å². The minimum Gasteiger partial charge on any atom is -0.380 e. The second-order valence-electron chi connectivity index (χ2n) is 5.87. The number of rotatable bonds is 2. The molecule has 2 aromatic rings. The Morgan fingerprint density at radius 1 is 1.35 bits per heavy atom. The third kappa shape index (κ3) is 2.88. The predicted octanol–water partition coefficient (Wildman–Crippen LogP) is 2.42. The van der Waals surface area contributed by atoms with Crippen molar-refractivity contribution in [3.8, 4) is 11.3 Å². The van der Waals surface area contributed by atoms with Gasteiger partial charge in [-0.1, -0.05) is 30.3 Å². The zero-order valence-electron chi connectivity index (χ0n) is 12.8. The van der Waals surface area contributed by atoms with Crippen LogP contribution in [0.1, 0.15) is 16.9 Å². The Bertz CT molecular complexity index is 686. The van der Waals surface area contributed by atoms with Crippen molar-refractivity contribution in [1.29, 1.82) is 0 Å². The first-order chi connectivity index (χ1) is 11.3. The predicted molar refractivity (Wildman–Crippen MR) is 90.5 cm³/mol. The number of hydrogen-bond acceptors (Lipinski definition) is 4. The largest absolute Gasteiger partial charge is 0.380 e. The average molecular weight is 329 g/mol. The van der Waals surface area contributed by atoms with E-state index in [4.69, 9.17) is 4.74 Å². The summed E-state index contributed by atoms with van der Waals surface area (Å²) in [5, 5.41) is 7.62. The minimum absolute atomic E-state index is 0.0527. The Balaban J connectivity index is 1.56. The van der Waals surface area contributed by atoms with Crippen molar-refractivity contribution >= 4 is 17.7 Å². The highest BCUT2D eigenvalue weighted by atomic mass is 32.2. The van der Waals surface area contributed by atoms with Gasteiger partial charge in [-0.2, -0.15) is 16.9 Å². The third-order valence-electron chi connectivity index (χ3n) is 4.47. The van der Waals surface area contributed by atoms with Crippen molar-refractivity contribution in [2.45, 2.75) is 17.7 Å². The van der Waals surface area contributed by atoms with Crippen LogP contribution in [-0.2, 0) is 4.74 Å². The van der Waals surface area contributed by atoms with E-state index in [1.165, 1.54) is 0 Å². The highest BCUT2D eigenvalue weighted by molar-refractivity contribution is 8.00. The number of hydrogen-bond donors (Lipinski definition) is 1. The molecular formula is C17H19N3O2S. The number of carbonyl (C=O) groups excluding carboxylic acids is 1. The molecule has 0 spiro atoms. The molecule has 1 N–H and O–H groups in total. The molecule has 2 saturated heterocycles. The Morgan fingerprint density at radius 3 is 3.09 bits per heavy atom. The number of benzene rings is 1. The van der Waals surface area contributed by atoms with Gasteiger partial charge in [0.05, 0.1) is 12.3 Å². The summed E-state index contributed by atoms with van der Waals surface area (Å²) in [5.74, 6) is 1.02. The summed E-state index contributed by atoms with van der Waals surface area (Å²) in [6.45, 7) is 2.28. The van der Waals surface area contributed by atoms with Crippen LogP contribution in [0.5, 0.6) is 0 Å². The van der Waals surface area contributed by atoms with Crippen molar-refractivity contribution in [1.82, 2.24) is 15.1 Å². The number of aromatic amines is 1. The molecule has 0 saturated carbocycles. The molecule has 0 radical (unpaired) electrons. The van der Waals surface area contributed by atoms with Crippen molar-refractivity contribution in [2.75, 3.05) is 25.5 Å². The van der Waals surface area contributed by atoms with Crippen LogP contribution in [0.3, 0.4) is 0 Å². The van der Waals surface area contributed by atoms with Crippen LogP contribution >= 0.6 is 11.8 Å². The quantitative estimate of drug-likeness (QED) is 0.919. The molecular weight excluding hydrogens is 310 g/mol. The summed E-state index contributed by atoms with van der Waals surface area (Å²) in [6, 6.07) is 12.0. The van der Waals surface area contributed by atoms with E-state index in [-0.39, 0.29) is 11.9 Å². The molecule has 120 valence electrons. The van der Waals surface area contributed by atoms with Gasteiger partial charge in [0.25, 0.3) is 5.91 Å². The summed E-state index contributed by atoms with van der Waals surface area (Å²) in [6.07, 6.45) is 0.920. The maximum Gasteiger partial charge on any atom is 0.272 e. The van der Waals surface area contributed by atoms with Gasteiger partial charge in [0.2, 0.25) is 0 Å². The van der Waals surface area contributed by atoms with E-state index in [9.17, 15) is 4.79 Å². The molecule has 5 nitrogen and oxygen atoms in total. The Hall–Kier alpha value is -1.79. The average Bonchev–Trinajstić information content (AvgIpc) is 3.11. The lowest BCUT2D eigenvalue weighted by molar-refractivity contribution is 0.0315. The summed E-state index contributed by atoms with van der Waals surface area (Å²) < 4.78 is 5.56.